The molecule has 2 rings (SSSR count). The zero-order chi connectivity index (χ0) is 9.10. The Kier molecular flexibility index (Phi) is 2.34. The number of rotatable bonds is 1. The SMILES string of the molecule is Cn1ccnc1C=C1CCCCN1. The van der Waals surface area contributed by atoms with Gasteiger partial charge < -0.3 is 9.88 Å². The predicted molar refractivity (Wildman–Crippen MR) is 53.0 cm³/mol. The van der Waals surface area contributed by atoms with E-state index in [0.29, 0.717) is 0 Å². The lowest BCUT2D eigenvalue weighted by atomic mass is 10.1. The first-order chi connectivity index (χ1) is 6.36. The fraction of sp³-hybridized carbons (Fsp3) is 0.500. The van der Waals surface area contributed by atoms with Gasteiger partial charge in [-0.1, -0.05) is 0 Å². The molecule has 0 aliphatic carbocycles. The molecule has 1 fully saturated rings. The average molecular weight is 177 g/mol. The van der Waals surface area contributed by atoms with Gasteiger partial charge in [0, 0.05) is 31.7 Å². The lowest BCUT2D eigenvalue weighted by Crippen LogP contribution is -2.19. The molecular weight excluding hydrogens is 162 g/mol. The van der Waals surface area contributed by atoms with Gasteiger partial charge in [0.15, 0.2) is 0 Å². The Morgan fingerprint density at radius 3 is 3.08 bits per heavy atom. The zero-order valence-corrected chi connectivity index (χ0v) is 7.95. The number of aryl methyl sites for hydroxylation is 1. The van der Waals surface area contributed by atoms with E-state index in [9.17, 15) is 0 Å². The van der Waals surface area contributed by atoms with Crippen LogP contribution >= 0.6 is 0 Å². The third-order valence-electron chi connectivity index (χ3n) is 2.39. The van der Waals surface area contributed by atoms with Gasteiger partial charge in [-0.3, -0.25) is 0 Å². The van der Waals surface area contributed by atoms with Crippen molar-refractivity contribution in [3.05, 3.63) is 23.9 Å². The van der Waals surface area contributed by atoms with Crippen LogP contribution in [-0.4, -0.2) is 16.1 Å². The zero-order valence-electron chi connectivity index (χ0n) is 7.95. The molecule has 0 atom stereocenters. The minimum Gasteiger partial charge on any atom is -0.388 e. The second-order valence-electron chi connectivity index (χ2n) is 3.45. The highest BCUT2D eigenvalue weighted by Gasteiger charge is 2.04. The van der Waals surface area contributed by atoms with Gasteiger partial charge >= 0.3 is 0 Å². The monoisotopic (exact) mass is 177 g/mol. The molecule has 1 aromatic heterocycles. The summed E-state index contributed by atoms with van der Waals surface area (Å²) in [6.45, 7) is 1.11. The Labute approximate surface area is 78.5 Å². The summed E-state index contributed by atoms with van der Waals surface area (Å²) in [5.74, 6) is 1.03. The van der Waals surface area contributed by atoms with Crippen LogP contribution in [0.4, 0.5) is 0 Å². The van der Waals surface area contributed by atoms with Gasteiger partial charge in [-0.05, 0) is 25.3 Å². The molecule has 1 saturated heterocycles. The number of allylic oxidation sites excluding steroid dienone is 1. The van der Waals surface area contributed by atoms with Crippen LogP contribution in [0, 0.1) is 0 Å². The number of nitrogens with zero attached hydrogens (tertiary/aromatic N) is 2. The van der Waals surface area contributed by atoms with Crippen LogP contribution in [0.1, 0.15) is 25.1 Å². The standard InChI is InChI=1S/C10H15N3/c1-13-7-6-12-10(13)8-9-4-2-3-5-11-9/h6-8,11H,2-5H2,1H3. The largest absolute Gasteiger partial charge is 0.388 e. The molecule has 13 heavy (non-hydrogen) atoms. The van der Waals surface area contributed by atoms with Crippen molar-refractivity contribution in [2.75, 3.05) is 6.54 Å². The van der Waals surface area contributed by atoms with Crippen LogP contribution in [0.2, 0.25) is 0 Å². The van der Waals surface area contributed by atoms with Crippen molar-refractivity contribution in [1.29, 1.82) is 0 Å². The molecule has 0 saturated carbocycles. The lowest BCUT2D eigenvalue weighted by molar-refractivity contribution is 0.591. The maximum absolute atomic E-state index is 4.26. The van der Waals surface area contributed by atoms with Crippen LogP contribution in [0.5, 0.6) is 0 Å². The molecule has 3 heteroatoms. The van der Waals surface area contributed by atoms with E-state index >= 15 is 0 Å². The highest BCUT2D eigenvalue weighted by Crippen LogP contribution is 2.12. The highest BCUT2D eigenvalue weighted by molar-refractivity contribution is 5.45. The van der Waals surface area contributed by atoms with Gasteiger partial charge in [-0.25, -0.2) is 4.98 Å². The van der Waals surface area contributed by atoms with Crippen molar-refractivity contribution in [3.8, 4) is 0 Å². The smallest absolute Gasteiger partial charge is 0.134 e. The van der Waals surface area contributed by atoms with Gasteiger partial charge in [-0.2, -0.15) is 0 Å². The molecule has 1 N–H and O–H groups in total. The van der Waals surface area contributed by atoms with Crippen molar-refractivity contribution < 1.29 is 0 Å². The van der Waals surface area contributed by atoms with Crippen molar-refractivity contribution in [1.82, 2.24) is 14.9 Å². The number of nitrogens with one attached hydrogen (secondary N) is 1. The lowest BCUT2D eigenvalue weighted by Gasteiger charge is -2.16. The quantitative estimate of drug-likeness (QED) is 0.705. The van der Waals surface area contributed by atoms with Gasteiger partial charge in [0.1, 0.15) is 5.82 Å². The minimum atomic E-state index is 1.03. The third kappa shape index (κ3) is 1.91. The second kappa shape index (κ2) is 3.64. The van der Waals surface area contributed by atoms with E-state index in [1.807, 2.05) is 24.0 Å². The summed E-state index contributed by atoms with van der Waals surface area (Å²) in [6, 6.07) is 0. The molecule has 0 spiro atoms. The van der Waals surface area contributed by atoms with E-state index in [1.165, 1.54) is 18.5 Å². The van der Waals surface area contributed by atoms with Gasteiger partial charge in [0.05, 0.1) is 0 Å². The van der Waals surface area contributed by atoms with E-state index in [0.717, 1.165) is 18.8 Å². The summed E-state index contributed by atoms with van der Waals surface area (Å²) in [5, 5.41) is 3.39. The van der Waals surface area contributed by atoms with Crippen molar-refractivity contribution in [3.63, 3.8) is 0 Å². The number of piperidine rings is 1. The van der Waals surface area contributed by atoms with E-state index in [1.54, 1.807) is 0 Å². The maximum Gasteiger partial charge on any atom is 0.134 e. The first-order valence-corrected chi connectivity index (χ1v) is 4.78. The molecule has 0 radical (unpaired) electrons. The van der Waals surface area contributed by atoms with E-state index in [-0.39, 0.29) is 0 Å². The molecule has 0 aromatic carbocycles. The summed E-state index contributed by atoms with van der Waals surface area (Å²) in [4.78, 5) is 4.26. The van der Waals surface area contributed by atoms with E-state index in [4.69, 9.17) is 0 Å². The Morgan fingerprint density at radius 2 is 2.46 bits per heavy atom. The van der Waals surface area contributed by atoms with Crippen LogP contribution in [0.15, 0.2) is 18.1 Å². The van der Waals surface area contributed by atoms with E-state index in [2.05, 4.69) is 16.4 Å². The van der Waals surface area contributed by atoms with Crippen LogP contribution < -0.4 is 5.32 Å². The molecule has 70 valence electrons. The molecule has 1 aliphatic rings. The predicted octanol–water partition coefficient (Wildman–Crippen LogP) is 1.53. The normalized spacial score (nSPS) is 20.2. The first-order valence-electron chi connectivity index (χ1n) is 4.78. The molecule has 1 aliphatic heterocycles. The number of hydrogen-bond acceptors (Lipinski definition) is 2. The van der Waals surface area contributed by atoms with Gasteiger partial charge in [0.2, 0.25) is 0 Å². The number of hydrogen-bond donors (Lipinski definition) is 1. The maximum atomic E-state index is 4.26. The molecule has 2 heterocycles. The summed E-state index contributed by atoms with van der Waals surface area (Å²) in [7, 11) is 2.02. The fourth-order valence-electron chi connectivity index (χ4n) is 1.57. The molecule has 1 aromatic rings. The van der Waals surface area contributed by atoms with Gasteiger partial charge in [-0.15, -0.1) is 0 Å². The van der Waals surface area contributed by atoms with Crippen molar-refractivity contribution in [2.45, 2.75) is 19.3 Å². The Balaban J connectivity index is 2.14. The molecule has 0 amide bonds. The average Bonchev–Trinajstić information content (AvgIpc) is 2.54. The Bertz CT molecular complexity index is 304. The summed E-state index contributed by atoms with van der Waals surface area (Å²) >= 11 is 0. The van der Waals surface area contributed by atoms with E-state index < -0.39 is 0 Å². The summed E-state index contributed by atoms with van der Waals surface area (Å²) < 4.78 is 2.03. The van der Waals surface area contributed by atoms with Crippen molar-refractivity contribution >= 4 is 6.08 Å². The highest BCUT2D eigenvalue weighted by atomic mass is 15.0. The summed E-state index contributed by atoms with van der Waals surface area (Å²) in [6.07, 6.45) is 9.68. The van der Waals surface area contributed by atoms with Crippen molar-refractivity contribution in [2.24, 2.45) is 7.05 Å². The first kappa shape index (κ1) is 8.35. The van der Waals surface area contributed by atoms with Crippen LogP contribution in [0.3, 0.4) is 0 Å². The number of aromatic nitrogens is 2. The fourth-order valence-corrected chi connectivity index (χ4v) is 1.57. The van der Waals surface area contributed by atoms with Gasteiger partial charge in [0.25, 0.3) is 0 Å². The molecule has 0 unspecified atom stereocenters. The van der Waals surface area contributed by atoms with Crippen LogP contribution in [0.25, 0.3) is 6.08 Å². The topological polar surface area (TPSA) is 29.9 Å². The Hall–Kier alpha value is -1.25. The molecule has 0 bridgehead atoms. The molecular formula is C10H15N3. The van der Waals surface area contributed by atoms with Crippen LogP contribution in [-0.2, 0) is 7.05 Å². The second-order valence-corrected chi connectivity index (χ2v) is 3.45. The Morgan fingerprint density at radius 1 is 1.54 bits per heavy atom. The molecule has 3 nitrogen and oxygen atoms in total. The summed E-state index contributed by atoms with van der Waals surface area (Å²) in [5.41, 5.74) is 1.32. The number of imidazole rings is 1. The minimum absolute atomic E-state index is 1.03. The third-order valence-corrected chi connectivity index (χ3v) is 2.39.